The van der Waals surface area contributed by atoms with Crippen LogP contribution in [-0.2, 0) is 16.0 Å². The van der Waals surface area contributed by atoms with Gasteiger partial charge in [-0.05, 0) is 24.1 Å². The Kier molecular flexibility index (Phi) is 4.74. The lowest BCUT2D eigenvalue weighted by molar-refractivity contribution is -0.117. The van der Waals surface area contributed by atoms with Gasteiger partial charge in [-0.3, -0.25) is 4.79 Å². The normalized spacial score (nSPS) is 13.8. The summed E-state index contributed by atoms with van der Waals surface area (Å²) in [4.78, 5) is 13.9. The number of carbonyl (C=O) groups excluding carboxylic acids is 1. The first kappa shape index (κ1) is 13.5. The van der Waals surface area contributed by atoms with E-state index in [4.69, 9.17) is 4.74 Å². The molecule has 1 aliphatic heterocycles. The summed E-state index contributed by atoms with van der Waals surface area (Å²) in [7, 11) is 1.65. The Morgan fingerprint density at radius 1 is 1.56 bits per heavy atom. The minimum atomic E-state index is 0.114. The van der Waals surface area contributed by atoms with E-state index in [2.05, 4.69) is 27.3 Å². The van der Waals surface area contributed by atoms with Crippen LogP contribution in [0.1, 0.15) is 5.56 Å². The largest absolute Gasteiger partial charge is 0.383 e. The summed E-state index contributed by atoms with van der Waals surface area (Å²) in [6.07, 6.45) is 0.937. The summed E-state index contributed by atoms with van der Waals surface area (Å²) in [5, 5.41) is 3.08. The standard InChI is InChI=1S/C13H17BrN2O2/c1-18-7-5-15-9-13(17)16-6-4-10-2-3-11(14)8-12(10)16/h2-3,8,15H,4-7,9H2,1H3. The summed E-state index contributed by atoms with van der Waals surface area (Å²) in [5.74, 6) is 0.114. The van der Waals surface area contributed by atoms with Gasteiger partial charge in [0.15, 0.2) is 0 Å². The molecule has 18 heavy (non-hydrogen) atoms. The summed E-state index contributed by atoms with van der Waals surface area (Å²) < 4.78 is 5.94. The van der Waals surface area contributed by atoms with Crippen molar-refractivity contribution in [3.8, 4) is 0 Å². The Bertz CT molecular complexity index is 437. The molecule has 0 unspecified atom stereocenters. The smallest absolute Gasteiger partial charge is 0.240 e. The number of nitrogens with one attached hydrogen (secondary N) is 1. The van der Waals surface area contributed by atoms with E-state index in [1.54, 1.807) is 7.11 Å². The second-order valence-corrected chi connectivity index (χ2v) is 5.15. The third kappa shape index (κ3) is 3.10. The summed E-state index contributed by atoms with van der Waals surface area (Å²) in [5.41, 5.74) is 2.27. The van der Waals surface area contributed by atoms with Gasteiger partial charge >= 0.3 is 0 Å². The number of methoxy groups -OCH3 is 1. The quantitative estimate of drug-likeness (QED) is 0.839. The van der Waals surface area contributed by atoms with Crippen LogP contribution in [0.5, 0.6) is 0 Å². The van der Waals surface area contributed by atoms with Gasteiger partial charge in [0.2, 0.25) is 5.91 Å². The van der Waals surface area contributed by atoms with Crippen molar-refractivity contribution >= 4 is 27.5 Å². The molecule has 0 fully saturated rings. The lowest BCUT2D eigenvalue weighted by Crippen LogP contribution is -2.38. The predicted octanol–water partition coefficient (Wildman–Crippen LogP) is 1.57. The molecule has 98 valence electrons. The number of anilines is 1. The highest BCUT2D eigenvalue weighted by Gasteiger charge is 2.24. The molecule has 1 aromatic carbocycles. The molecule has 1 aromatic rings. The number of carbonyl (C=O) groups is 1. The van der Waals surface area contributed by atoms with Crippen molar-refractivity contribution in [2.45, 2.75) is 6.42 Å². The number of fused-ring (bicyclic) bond motifs is 1. The maximum absolute atomic E-state index is 12.1. The minimum absolute atomic E-state index is 0.114. The van der Waals surface area contributed by atoms with Gasteiger partial charge in [0.25, 0.3) is 0 Å². The second-order valence-electron chi connectivity index (χ2n) is 4.24. The molecule has 0 aliphatic carbocycles. The Hall–Kier alpha value is -0.910. The summed E-state index contributed by atoms with van der Waals surface area (Å²) >= 11 is 3.44. The predicted molar refractivity (Wildman–Crippen MR) is 74.9 cm³/mol. The van der Waals surface area contributed by atoms with Crippen LogP contribution in [0.4, 0.5) is 5.69 Å². The van der Waals surface area contributed by atoms with Crippen LogP contribution in [0.25, 0.3) is 0 Å². The fourth-order valence-corrected chi connectivity index (χ4v) is 2.43. The van der Waals surface area contributed by atoms with Crippen molar-refractivity contribution in [1.82, 2.24) is 5.32 Å². The molecule has 2 rings (SSSR count). The van der Waals surface area contributed by atoms with Crippen molar-refractivity contribution in [3.05, 3.63) is 28.2 Å². The Labute approximate surface area is 115 Å². The molecule has 5 heteroatoms. The van der Waals surface area contributed by atoms with Gasteiger partial charge < -0.3 is 15.0 Å². The Morgan fingerprint density at radius 3 is 3.17 bits per heavy atom. The zero-order valence-electron chi connectivity index (χ0n) is 10.4. The molecule has 1 amide bonds. The van der Waals surface area contributed by atoms with Crippen molar-refractivity contribution in [2.75, 3.05) is 38.3 Å². The third-order valence-corrected chi connectivity index (χ3v) is 3.50. The average Bonchev–Trinajstić information content (AvgIpc) is 2.77. The first-order valence-corrected chi connectivity index (χ1v) is 6.80. The number of rotatable bonds is 5. The maximum atomic E-state index is 12.1. The molecule has 0 atom stereocenters. The van der Waals surface area contributed by atoms with E-state index >= 15 is 0 Å². The number of nitrogens with zero attached hydrogens (tertiary/aromatic N) is 1. The molecular formula is C13H17BrN2O2. The van der Waals surface area contributed by atoms with Gasteiger partial charge in [-0.1, -0.05) is 22.0 Å². The van der Waals surface area contributed by atoms with Gasteiger partial charge in [-0.25, -0.2) is 0 Å². The SMILES string of the molecule is COCCNCC(=O)N1CCc2ccc(Br)cc21. The van der Waals surface area contributed by atoms with E-state index in [0.29, 0.717) is 19.7 Å². The fraction of sp³-hybridized carbons (Fsp3) is 0.462. The number of ether oxygens (including phenoxy) is 1. The van der Waals surface area contributed by atoms with E-state index < -0.39 is 0 Å². The van der Waals surface area contributed by atoms with E-state index in [0.717, 1.165) is 23.1 Å². The topological polar surface area (TPSA) is 41.6 Å². The fourth-order valence-electron chi connectivity index (χ4n) is 2.08. The van der Waals surface area contributed by atoms with Crippen LogP contribution in [0.15, 0.2) is 22.7 Å². The third-order valence-electron chi connectivity index (χ3n) is 3.00. The molecule has 1 aliphatic rings. The number of hydrogen-bond acceptors (Lipinski definition) is 3. The van der Waals surface area contributed by atoms with Crippen LogP contribution in [0.2, 0.25) is 0 Å². The monoisotopic (exact) mass is 312 g/mol. The highest BCUT2D eigenvalue weighted by atomic mass is 79.9. The average molecular weight is 313 g/mol. The molecule has 0 spiro atoms. The first-order valence-electron chi connectivity index (χ1n) is 6.01. The zero-order valence-corrected chi connectivity index (χ0v) is 12.0. The van der Waals surface area contributed by atoms with Crippen LogP contribution in [0, 0.1) is 0 Å². The van der Waals surface area contributed by atoms with Crippen LogP contribution in [-0.4, -0.2) is 39.3 Å². The molecule has 0 saturated carbocycles. The van der Waals surface area contributed by atoms with Crippen LogP contribution in [0.3, 0.4) is 0 Å². The van der Waals surface area contributed by atoms with Crippen LogP contribution >= 0.6 is 15.9 Å². The molecule has 1 heterocycles. The summed E-state index contributed by atoms with van der Waals surface area (Å²) in [6, 6.07) is 6.10. The molecule has 0 bridgehead atoms. The first-order chi connectivity index (χ1) is 8.72. The van der Waals surface area contributed by atoms with Gasteiger partial charge in [0.05, 0.1) is 13.2 Å². The van der Waals surface area contributed by atoms with E-state index in [1.807, 2.05) is 17.0 Å². The van der Waals surface area contributed by atoms with E-state index in [1.165, 1.54) is 5.56 Å². The van der Waals surface area contributed by atoms with Gasteiger partial charge in [0, 0.05) is 30.4 Å². The van der Waals surface area contributed by atoms with Gasteiger partial charge in [-0.15, -0.1) is 0 Å². The highest BCUT2D eigenvalue weighted by molar-refractivity contribution is 9.10. The Morgan fingerprint density at radius 2 is 2.39 bits per heavy atom. The molecule has 1 N–H and O–H groups in total. The second kappa shape index (κ2) is 6.31. The van der Waals surface area contributed by atoms with E-state index in [-0.39, 0.29) is 5.91 Å². The minimum Gasteiger partial charge on any atom is -0.383 e. The number of hydrogen-bond donors (Lipinski definition) is 1. The van der Waals surface area contributed by atoms with E-state index in [9.17, 15) is 4.79 Å². The number of halogens is 1. The molecular weight excluding hydrogens is 296 g/mol. The number of amides is 1. The maximum Gasteiger partial charge on any atom is 0.240 e. The van der Waals surface area contributed by atoms with Gasteiger partial charge in [0.1, 0.15) is 0 Å². The van der Waals surface area contributed by atoms with Crippen molar-refractivity contribution < 1.29 is 9.53 Å². The van der Waals surface area contributed by atoms with Crippen molar-refractivity contribution in [2.24, 2.45) is 0 Å². The summed E-state index contributed by atoms with van der Waals surface area (Å²) in [6.45, 7) is 2.45. The molecule has 0 radical (unpaired) electrons. The van der Waals surface area contributed by atoms with Crippen molar-refractivity contribution in [1.29, 1.82) is 0 Å². The Balaban J connectivity index is 1.95. The molecule has 0 saturated heterocycles. The lowest BCUT2D eigenvalue weighted by Gasteiger charge is -2.17. The molecule has 0 aromatic heterocycles. The number of benzene rings is 1. The van der Waals surface area contributed by atoms with Crippen LogP contribution < -0.4 is 10.2 Å². The van der Waals surface area contributed by atoms with Gasteiger partial charge in [-0.2, -0.15) is 0 Å². The zero-order chi connectivity index (χ0) is 13.0. The highest BCUT2D eigenvalue weighted by Crippen LogP contribution is 2.30. The van der Waals surface area contributed by atoms with Crippen molar-refractivity contribution in [3.63, 3.8) is 0 Å². The lowest BCUT2D eigenvalue weighted by atomic mass is 10.2. The molecule has 4 nitrogen and oxygen atoms in total.